The first kappa shape index (κ1) is 24.1. The molecule has 0 aliphatic heterocycles. The number of thioether (sulfide) groups is 1. The largest absolute Gasteiger partial charge is 0.357 e. The normalized spacial score (nSPS) is 11.6. The maximum absolute atomic E-state index is 13.4. The van der Waals surface area contributed by atoms with Crippen LogP contribution in [0.5, 0.6) is 0 Å². The van der Waals surface area contributed by atoms with E-state index in [0.717, 1.165) is 20.5 Å². The molecule has 0 saturated heterocycles. The van der Waals surface area contributed by atoms with E-state index in [1.54, 1.807) is 11.9 Å². The zero-order chi connectivity index (χ0) is 22.9. The van der Waals surface area contributed by atoms with Gasteiger partial charge in [-0.1, -0.05) is 76.1 Å². The Morgan fingerprint density at radius 1 is 0.969 bits per heavy atom. The Bertz CT molecular complexity index is 1040. The quantitative estimate of drug-likeness (QED) is 0.400. The van der Waals surface area contributed by atoms with E-state index in [0.29, 0.717) is 13.0 Å². The number of carbonyl (C=O) groups excluding carboxylic acids is 2. The van der Waals surface area contributed by atoms with Gasteiger partial charge < -0.3 is 10.2 Å². The molecule has 0 bridgehead atoms. The highest BCUT2D eigenvalue weighted by Gasteiger charge is 2.29. The Morgan fingerprint density at radius 2 is 1.66 bits per heavy atom. The summed E-state index contributed by atoms with van der Waals surface area (Å²) in [7, 11) is 1.61. The van der Waals surface area contributed by atoms with Crippen molar-refractivity contribution in [2.75, 3.05) is 12.8 Å². The molecular formula is C26H27BrN2O2S. The van der Waals surface area contributed by atoms with Crippen molar-refractivity contribution in [3.63, 3.8) is 0 Å². The van der Waals surface area contributed by atoms with Crippen molar-refractivity contribution in [1.29, 1.82) is 0 Å². The zero-order valence-electron chi connectivity index (χ0n) is 18.3. The van der Waals surface area contributed by atoms with Crippen molar-refractivity contribution >= 4 is 39.5 Å². The molecule has 1 atom stereocenters. The molecule has 32 heavy (non-hydrogen) atoms. The molecule has 4 nitrogen and oxygen atoms in total. The van der Waals surface area contributed by atoms with Crippen LogP contribution in [-0.4, -0.2) is 35.6 Å². The van der Waals surface area contributed by atoms with Gasteiger partial charge in [0.05, 0.1) is 5.75 Å². The summed E-state index contributed by atoms with van der Waals surface area (Å²) in [5.41, 5.74) is 3.16. The second-order valence-corrected chi connectivity index (χ2v) is 9.54. The molecule has 0 heterocycles. The topological polar surface area (TPSA) is 49.4 Å². The molecule has 0 fully saturated rings. The Morgan fingerprint density at radius 3 is 2.31 bits per heavy atom. The van der Waals surface area contributed by atoms with Crippen molar-refractivity contribution in [3.8, 4) is 0 Å². The fourth-order valence-corrected chi connectivity index (χ4v) is 4.65. The molecule has 3 aromatic rings. The van der Waals surface area contributed by atoms with E-state index < -0.39 is 6.04 Å². The van der Waals surface area contributed by atoms with Crippen molar-refractivity contribution in [1.82, 2.24) is 10.2 Å². The van der Waals surface area contributed by atoms with Gasteiger partial charge in [-0.05, 0) is 42.3 Å². The second kappa shape index (κ2) is 11.9. The first-order chi connectivity index (χ1) is 15.5. The fourth-order valence-electron chi connectivity index (χ4n) is 3.42. The average molecular weight is 511 g/mol. The van der Waals surface area contributed by atoms with Gasteiger partial charge in [0.1, 0.15) is 6.04 Å². The number of nitrogens with zero attached hydrogens (tertiary/aromatic N) is 1. The van der Waals surface area contributed by atoms with Crippen LogP contribution in [0.15, 0.2) is 88.2 Å². The Hall–Kier alpha value is -2.57. The number of aryl methyl sites for hydroxylation is 1. The molecule has 3 rings (SSSR count). The van der Waals surface area contributed by atoms with E-state index in [2.05, 4.69) is 21.2 Å². The summed E-state index contributed by atoms with van der Waals surface area (Å²) >= 11 is 4.99. The van der Waals surface area contributed by atoms with Crippen molar-refractivity contribution in [3.05, 3.63) is 100 Å². The number of likely N-dealkylation sites (N-methyl/N-ethyl adjacent to an activating group) is 1. The van der Waals surface area contributed by atoms with Crippen LogP contribution in [0.3, 0.4) is 0 Å². The lowest BCUT2D eigenvalue weighted by Gasteiger charge is -2.31. The van der Waals surface area contributed by atoms with Crippen LogP contribution in [0, 0.1) is 6.92 Å². The minimum Gasteiger partial charge on any atom is -0.357 e. The van der Waals surface area contributed by atoms with Gasteiger partial charge in [-0.2, -0.15) is 0 Å². The van der Waals surface area contributed by atoms with Crippen molar-refractivity contribution < 1.29 is 9.59 Å². The average Bonchev–Trinajstić information content (AvgIpc) is 2.81. The summed E-state index contributed by atoms with van der Waals surface area (Å²) in [5, 5.41) is 2.75. The second-order valence-electron chi connectivity index (χ2n) is 7.57. The highest BCUT2D eigenvalue weighted by atomic mass is 79.9. The van der Waals surface area contributed by atoms with E-state index in [1.165, 1.54) is 17.3 Å². The van der Waals surface area contributed by atoms with E-state index in [1.807, 2.05) is 85.8 Å². The van der Waals surface area contributed by atoms with Crippen molar-refractivity contribution in [2.24, 2.45) is 0 Å². The molecule has 6 heteroatoms. The number of hydrogen-bond donors (Lipinski definition) is 1. The molecule has 3 aromatic carbocycles. The third-order valence-corrected chi connectivity index (χ3v) is 6.63. The maximum Gasteiger partial charge on any atom is 0.242 e. The van der Waals surface area contributed by atoms with Gasteiger partial charge >= 0.3 is 0 Å². The molecule has 0 radical (unpaired) electrons. The number of halogens is 1. The highest BCUT2D eigenvalue weighted by Crippen LogP contribution is 2.22. The van der Waals surface area contributed by atoms with Crippen LogP contribution in [0.2, 0.25) is 0 Å². The van der Waals surface area contributed by atoms with E-state index in [-0.39, 0.29) is 17.6 Å². The van der Waals surface area contributed by atoms with E-state index in [4.69, 9.17) is 0 Å². The smallest absolute Gasteiger partial charge is 0.242 e. The number of rotatable bonds is 9. The SMILES string of the molecule is CNC(=O)C(Cc1ccccc1)N(Cc1cccc(Br)c1)C(=O)CSc1ccc(C)cc1. The molecule has 0 saturated carbocycles. The van der Waals surface area contributed by atoms with Gasteiger partial charge in [-0.15, -0.1) is 11.8 Å². The van der Waals surface area contributed by atoms with Gasteiger partial charge in [0, 0.05) is 29.4 Å². The number of hydrogen-bond acceptors (Lipinski definition) is 3. The summed E-state index contributed by atoms with van der Waals surface area (Å²) in [6.45, 7) is 2.40. The Labute approximate surface area is 202 Å². The number of amides is 2. The third-order valence-electron chi connectivity index (χ3n) is 5.14. The van der Waals surface area contributed by atoms with Gasteiger partial charge in [0.25, 0.3) is 0 Å². The minimum atomic E-state index is -0.604. The molecule has 166 valence electrons. The highest BCUT2D eigenvalue weighted by molar-refractivity contribution is 9.10. The van der Waals surface area contributed by atoms with Gasteiger partial charge in [-0.3, -0.25) is 9.59 Å². The van der Waals surface area contributed by atoms with Crippen LogP contribution in [-0.2, 0) is 22.6 Å². The van der Waals surface area contributed by atoms with Gasteiger partial charge in [0.15, 0.2) is 0 Å². The standard InChI is InChI=1S/C26H27BrN2O2S/c1-19-11-13-23(14-12-19)32-18-25(30)29(17-21-9-6-10-22(27)15-21)24(26(31)28-2)16-20-7-4-3-5-8-20/h3-15,24H,16-18H2,1-2H3,(H,28,31). The summed E-state index contributed by atoms with van der Waals surface area (Å²) < 4.78 is 0.941. The third kappa shape index (κ3) is 6.97. The Balaban J connectivity index is 1.86. The van der Waals surface area contributed by atoms with Crippen LogP contribution in [0.25, 0.3) is 0 Å². The first-order valence-corrected chi connectivity index (χ1v) is 12.2. The zero-order valence-corrected chi connectivity index (χ0v) is 20.7. The van der Waals surface area contributed by atoms with E-state index in [9.17, 15) is 9.59 Å². The summed E-state index contributed by atoms with van der Waals surface area (Å²) in [4.78, 5) is 29.1. The van der Waals surface area contributed by atoms with Crippen molar-refractivity contribution in [2.45, 2.75) is 30.8 Å². The predicted octanol–water partition coefficient (Wildman–Crippen LogP) is 5.24. The van der Waals surface area contributed by atoms with Gasteiger partial charge in [0.2, 0.25) is 11.8 Å². The van der Waals surface area contributed by atoms with Crippen LogP contribution in [0.4, 0.5) is 0 Å². The first-order valence-electron chi connectivity index (χ1n) is 10.4. The molecule has 1 unspecified atom stereocenters. The van der Waals surface area contributed by atoms with Gasteiger partial charge in [-0.25, -0.2) is 0 Å². The lowest BCUT2D eigenvalue weighted by molar-refractivity contribution is -0.139. The molecular weight excluding hydrogens is 484 g/mol. The monoisotopic (exact) mass is 510 g/mol. The summed E-state index contributed by atoms with van der Waals surface area (Å²) in [6, 6.07) is 25.2. The summed E-state index contributed by atoms with van der Waals surface area (Å²) in [6.07, 6.45) is 0.454. The lowest BCUT2D eigenvalue weighted by atomic mass is 10.0. The fraction of sp³-hybridized carbons (Fsp3) is 0.231. The molecule has 0 spiro atoms. The van der Waals surface area contributed by atoms with Crippen LogP contribution >= 0.6 is 27.7 Å². The number of carbonyl (C=O) groups is 2. The Kier molecular flexibility index (Phi) is 8.94. The molecule has 0 aromatic heterocycles. The number of nitrogens with one attached hydrogen (secondary N) is 1. The lowest BCUT2D eigenvalue weighted by Crippen LogP contribution is -2.50. The molecule has 1 N–H and O–H groups in total. The van der Waals surface area contributed by atoms with Crippen LogP contribution < -0.4 is 5.32 Å². The molecule has 0 aliphatic rings. The summed E-state index contributed by atoms with van der Waals surface area (Å²) in [5.74, 6) is 0.0249. The minimum absolute atomic E-state index is 0.0694. The molecule has 2 amide bonds. The van der Waals surface area contributed by atoms with Crippen LogP contribution in [0.1, 0.15) is 16.7 Å². The maximum atomic E-state index is 13.4. The number of benzene rings is 3. The molecule has 0 aliphatic carbocycles. The predicted molar refractivity (Wildman–Crippen MR) is 135 cm³/mol. The van der Waals surface area contributed by atoms with E-state index >= 15 is 0 Å².